The fraction of sp³-hybridized carbons (Fsp3) is 0.174. The number of aryl methyl sites for hydroxylation is 2. The lowest BCUT2D eigenvalue weighted by Crippen LogP contribution is -2.34. The second kappa shape index (κ2) is 8.61. The van der Waals surface area contributed by atoms with Gasteiger partial charge in [0.25, 0.3) is 5.56 Å². The molecule has 0 unspecified atom stereocenters. The number of aromatic nitrogens is 2. The van der Waals surface area contributed by atoms with Crippen molar-refractivity contribution in [3.63, 3.8) is 0 Å². The molecular formula is C23H18ClFN2O3S. The van der Waals surface area contributed by atoms with Gasteiger partial charge in [-0.25, -0.2) is 13.8 Å². The number of halogens is 2. The number of rotatable bonds is 6. The largest absolute Gasteiger partial charge is 0.333 e. The number of Topliss-reactive ketones (excluding diaryl/α,β-unsaturated/α-hetero) is 1. The molecule has 0 saturated heterocycles. The Labute approximate surface area is 185 Å². The normalized spacial score (nSPS) is 11.2. The maximum atomic E-state index is 14.8. The summed E-state index contributed by atoms with van der Waals surface area (Å²) < 4.78 is 16.3. The molecule has 0 saturated carbocycles. The second-order valence-corrected chi connectivity index (χ2v) is 9.13. The number of H-pyrrole nitrogens is 1. The van der Waals surface area contributed by atoms with Crippen molar-refractivity contribution >= 4 is 39.6 Å². The summed E-state index contributed by atoms with van der Waals surface area (Å²) in [6.07, 6.45) is 0.972. The number of carbonyl (C=O) groups is 1. The van der Waals surface area contributed by atoms with E-state index in [1.54, 1.807) is 30.3 Å². The van der Waals surface area contributed by atoms with Crippen LogP contribution in [0.25, 0.3) is 16.6 Å². The van der Waals surface area contributed by atoms with Crippen LogP contribution < -0.4 is 11.2 Å². The summed E-state index contributed by atoms with van der Waals surface area (Å²) >= 11 is 7.32. The Bertz CT molecular complexity index is 1420. The Morgan fingerprint density at radius 3 is 2.65 bits per heavy atom. The van der Waals surface area contributed by atoms with Crippen LogP contribution in [0.5, 0.6) is 0 Å². The van der Waals surface area contributed by atoms with Gasteiger partial charge in [-0.3, -0.25) is 9.59 Å². The maximum absolute atomic E-state index is 14.8. The molecule has 4 aromatic rings. The minimum atomic E-state index is -0.741. The van der Waals surface area contributed by atoms with Gasteiger partial charge in [0.1, 0.15) is 11.6 Å². The van der Waals surface area contributed by atoms with E-state index in [0.717, 1.165) is 15.0 Å². The summed E-state index contributed by atoms with van der Waals surface area (Å²) in [5.41, 5.74) is 0.301. The molecule has 0 fully saturated rings. The molecule has 0 aliphatic carbocycles. The summed E-state index contributed by atoms with van der Waals surface area (Å²) in [6, 6.07) is 12.8. The minimum Gasteiger partial charge on any atom is -0.306 e. The topological polar surface area (TPSA) is 71.9 Å². The van der Waals surface area contributed by atoms with E-state index in [1.807, 2.05) is 13.0 Å². The predicted molar refractivity (Wildman–Crippen MR) is 121 cm³/mol. The van der Waals surface area contributed by atoms with Crippen molar-refractivity contribution in [1.82, 2.24) is 9.55 Å². The molecule has 0 amide bonds. The molecule has 0 aliphatic heterocycles. The molecule has 0 aliphatic rings. The molecule has 0 spiro atoms. The van der Waals surface area contributed by atoms with E-state index in [9.17, 15) is 18.8 Å². The molecule has 31 heavy (non-hydrogen) atoms. The molecule has 0 atom stereocenters. The third-order valence-corrected chi connectivity index (χ3v) is 6.28. The van der Waals surface area contributed by atoms with Gasteiger partial charge >= 0.3 is 5.69 Å². The molecule has 2 aromatic carbocycles. The van der Waals surface area contributed by atoms with Gasteiger partial charge in [-0.15, -0.1) is 11.3 Å². The van der Waals surface area contributed by atoms with Gasteiger partial charge in [0.05, 0.1) is 20.9 Å². The van der Waals surface area contributed by atoms with E-state index in [0.29, 0.717) is 28.3 Å². The highest BCUT2D eigenvalue weighted by molar-refractivity contribution is 7.16. The van der Waals surface area contributed by atoms with Crippen molar-refractivity contribution in [2.24, 2.45) is 0 Å². The van der Waals surface area contributed by atoms with E-state index >= 15 is 0 Å². The summed E-state index contributed by atoms with van der Waals surface area (Å²) in [4.78, 5) is 41.2. The molecule has 0 radical (unpaired) electrons. The third-order valence-electron chi connectivity index (χ3n) is 4.99. The van der Waals surface area contributed by atoms with Crippen LogP contribution >= 0.6 is 22.9 Å². The number of nitrogens with one attached hydrogen (secondary N) is 1. The number of thiophene rings is 1. The lowest BCUT2D eigenvalue weighted by molar-refractivity contribution is -0.118. The van der Waals surface area contributed by atoms with Crippen LogP contribution in [-0.4, -0.2) is 15.3 Å². The Morgan fingerprint density at radius 1 is 1.13 bits per heavy atom. The number of benzene rings is 2. The third kappa shape index (κ3) is 4.52. The molecule has 0 bridgehead atoms. The van der Waals surface area contributed by atoms with Crippen molar-refractivity contribution < 1.29 is 9.18 Å². The number of carbonyl (C=O) groups excluding carboxylic acids is 1. The first-order valence-electron chi connectivity index (χ1n) is 9.62. The quantitative estimate of drug-likeness (QED) is 0.461. The first kappa shape index (κ1) is 21.2. The molecule has 8 heteroatoms. The van der Waals surface area contributed by atoms with Crippen LogP contribution in [0.4, 0.5) is 4.39 Å². The Hall–Kier alpha value is -3.03. The molecule has 1 N–H and O–H groups in total. The monoisotopic (exact) mass is 456 g/mol. The average molecular weight is 457 g/mol. The van der Waals surface area contributed by atoms with E-state index < -0.39 is 17.1 Å². The van der Waals surface area contributed by atoms with Crippen LogP contribution in [0.3, 0.4) is 0 Å². The highest BCUT2D eigenvalue weighted by atomic mass is 35.5. The number of nitrogens with zero attached hydrogens (tertiary/aromatic N) is 1. The minimum absolute atomic E-state index is 0.0345. The predicted octanol–water partition coefficient (Wildman–Crippen LogP) is 4.59. The molecular weight excluding hydrogens is 439 g/mol. The average Bonchev–Trinajstić information content (AvgIpc) is 3.13. The second-order valence-electron chi connectivity index (χ2n) is 7.33. The number of hydrogen-bond acceptors (Lipinski definition) is 4. The van der Waals surface area contributed by atoms with Crippen LogP contribution in [0.1, 0.15) is 22.4 Å². The fourth-order valence-electron chi connectivity index (χ4n) is 3.46. The van der Waals surface area contributed by atoms with Crippen LogP contribution in [0.15, 0.2) is 58.1 Å². The van der Waals surface area contributed by atoms with Crippen molar-refractivity contribution in [1.29, 1.82) is 0 Å². The van der Waals surface area contributed by atoms with Crippen LogP contribution in [0, 0.1) is 12.7 Å². The van der Waals surface area contributed by atoms with Gasteiger partial charge in [0.2, 0.25) is 0 Å². The van der Waals surface area contributed by atoms with Crippen LogP contribution in [-0.2, 0) is 17.6 Å². The maximum Gasteiger partial charge on any atom is 0.333 e. The highest BCUT2D eigenvalue weighted by Crippen LogP contribution is 2.23. The van der Waals surface area contributed by atoms with Gasteiger partial charge in [-0.05, 0) is 60.9 Å². The number of aromatic amines is 1. The van der Waals surface area contributed by atoms with Gasteiger partial charge in [0.15, 0.2) is 0 Å². The highest BCUT2D eigenvalue weighted by Gasteiger charge is 2.15. The summed E-state index contributed by atoms with van der Waals surface area (Å²) in [5.74, 6) is -0.776. The number of fused-ring (bicyclic) bond motifs is 1. The molecule has 5 nitrogen and oxygen atoms in total. The lowest BCUT2D eigenvalue weighted by atomic mass is 10.0. The smallest absolute Gasteiger partial charge is 0.306 e. The zero-order valence-electron chi connectivity index (χ0n) is 16.6. The van der Waals surface area contributed by atoms with Crippen molar-refractivity contribution in [3.05, 3.63) is 95.5 Å². The zero-order valence-corrected chi connectivity index (χ0v) is 18.1. The lowest BCUT2D eigenvalue weighted by Gasteiger charge is -2.09. The Balaban J connectivity index is 1.58. The van der Waals surface area contributed by atoms with Gasteiger partial charge < -0.3 is 4.98 Å². The Morgan fingerprint density at radius 2 is 1.94 bits per heavy atom. The molecule has 2 heterocycles. The first-order valence-corrected chi connectivity index (χ1v) is 10.8. The van der Waals surface area contributed by atoms with Gasteiger partial charge in [-0.1, -0.05) is 23.7 Å². The van der Waals surface area contributed by atoms with Crippen molar-refractivity contribution in [2.45, 2.75) is 26.2 Å². The van der Waals surface area contributed by atoms with Gasteiger partial charge in [0, 0.05) is 17.7 Å². The Kier molecular flexibility index (Phi) is 5.89. The summed E-state index contributed by atoms with van der Waals surface area (Å²) in [5, 5.41) is 0.289. The first-order chi connectivity index (χ1) is 14.8. The van der Waals surface area contributed by atoms with Crippen LogP contribution in [0.2, 0.25) is 4.34 Å². The SMILES string of the molecule is Cc1ccc2c(=O)n(-c3ccc(CC(=O)CCc4ccc(Cl)s4)cc3F)c(=O)[nH]c2c1. The molecule has 158 valence electrons. The fourth-order valence-corrected chi connectivity index (χ4v) is 4.54. The van der Waals surface area contributed by atoms with Crippen molar-refractivity contribution in [2.75, 3.05) is 0 Å². The molecule has 4 rings (SSSR count). The van der Waals surface area contributed by atoms with E-state index in [2.05, 4.69) is 4.98 Å². The zero-order chi connectivity index (χ0) is 22.1. The van der Waals surface area contributed by atoms with E-state index in [-0.39, 0.29) is 23.3 Å². The standard InChI is InChI=1S/C23H18ClFN2O3S/c1-13-2-7-17-19(10-13)26-23(30)27(22(17)29)20-8-3-14(12-18(20)25)11-15(28)4-5-16-6-9-21(24)31-16/h2-3,6-10,12H,4-5,11H2,1H3,(H,26,30). The number of hydrogen-bond donors (Lipinski definition) is 1. The van der Waals surface area contributed by atoms with E-state index in [4.69, 9.17) is 11.6 Å². The van der Waals surface area contributed by atoms with E-state index in [1.165, 1.54) is 23.5 Å². The van der Waals surface area contributed by atoms with Crippen molar-refractivity contribution in [3.8, 4) is 5.69 Å². The number of ketones is 1. The summed E-state index contributed by atoms with van der Waals surface area (Å²) in [6.45, 7) is 1.85. The summed E-state index contributed by atoms with van der Waals surface area (Å²) in [7, 11) is 0. The molecule has 2 aromatic heterocycles. The van der Waals surface area contributed by atoms with Gasteiger partial charge in [-0.2, -0.15) is 0 Å².